The van der Waals surface area contributed by atoms with Crippen molar-refractivity contribution in [2.75, 3.05) is 0 Å². The number of aryl methyl sites for hydroxylation is 2. The van der Waals surface area contributed by atoms with Gasteiger partial charge in [-0.3, -0.25) is 4.79 Å². The van der Waals surface area contributed by atoms with Crippen LogP contribution in [0.2, 0.25) is 0 Å². The Hall–Kier alpha value is -2.04. The van der Waals surface area contributed by atoms with Crippen LogP contribution in [0.5, 0.6) is 0 Å². The lowest BCUT2D eigenvalue weighted by Gasteiger charge is -2.14. The van der Waals surface area contributed by atoms with Gasteiger partial charge in [-0.2, -0.15) is 0 Å². The van der Waals surface area contributed by atoms with E-state index in [4.69, 9.17) is 0 Å². The molecule has 2 aromatic rings. The molecular weight excluding hydrogens is 274 g/mol. The minimum absolute atomic E-state index is 0.00847. The predicted molar refractivity (Wildman–Crippen MR) is 74.3 cm³/mol. The number of fused-ring (bicyclic) bond motifs is 1. The minimum atomic E-state index is -0.687. The summed E-state index contributed by atoms with van der Waals surface area (Å²) in [5.74, 6) is -0.967. The van der Waals surface area contributed by atoms with Gasteiger partial charge < -0.3 is 4.57 Å². The SMILES string of the molecule is Cc1nc2c(n1CC(=O)c1cc(F)ccc1F)CCCC2. The topological polar surface area (TPSA) is 34.9 Å². The molecule has 0 bridgehead atoms. The third kappa shape index (κ3) is 2.60. The molecule has 0 fully saturated rings. The highest BCUT2D eigenvalue weighted by molar-refractivity contribution is 5.96. The van der Waals surface area contributed by atoms with Gasteiger partial charge in [0.1, 0.15) is 17.5 Å². The first-order valence-corrected chi connectivity index (χ1v) is 7.09. The molecular formula is C16H16F2N2O. The lowest BCUT2D eigenvalue weighted by molar-refractivity contribution is 0.0965. The summed E-state index contributed by atoms with van der Waals surface area (Å²) in [5, 5.41) is 0. The number of carbonyl (C=O) groups excluding carboxylic acids is 1. The standard InChI is InChI=1S/C16H16F2N2O/c1-10-19-14-4-2-3-5-15(14)20(10)9-16(21)12-8-11(17)6-7-13(12)18/h6-8H,2-5,9H2,1H3. The molecule has 3 rings (SSSR count). The molecule has 0 atom stereocenters. The number of carbonyl (C=O) groups is 1. The minimum Gasteiger partial charge on any atom is -0.324 e. The lowest BCUT2D eigenvalue weighted by Crippen LogP contribution is -2.17. The first-order valence-electron chi connectivity index (χ1n) is 7.09. The fourth-order valence-electron chi connectivity index (χ4n) is 2.89. The molecule has 21 heavy (non-hydrogen) atoms. The van der Waals surface area contributed by atoms with Gasteiger partial charge in [-0.25, -0.2) is 13.8 Å². The van der Waals surface area contributed by atoms with E-state index in [2.05, 4.69) is 4.98 Å². The molecule has 0 saturated carbocycles. The molecule has 1 heterocycles. The van der Waals surface area contributed by atoms with Crippen molar-refractivity contribution in [3.8, 4) is 0 Å². The number of imidazole rings is 1. The first kappa shape index (κ1) is 13.9. The molecule has 1 aromatic heterocycles. The number of hydrogen-bond acceptors (Lipinski definition) is 2. The van der Waals surface area contributed by atoms with Crippen LogP contribution in [0.15, 0.2) is 18.2 Å². The van der Waals surface area contributed by atoms with Gasteiger partial charge in [0.25, 0.3) is 0 Å². The van der Waals surface area contributed by atoms with Crippen molar-refractivity contribution >= 4 is 5.78 Å². The van der Waals surface area contributed by atoms with Gasteiger partial charge in [0.2, 0.25) is 0 Å². The van der Waals surface area contributed by atoms with Crippen LogP contribution in [0.3, 0.4) is 0 Å². The molecule has 0 unspecified atom stereocenters. The molecule has 3 nitrogen and oxygen atoms in total. The van der Waals surface area contributed by atoms with Crippen LogP contribution in [0.25, 0.3) is 0 Å². The molecule has 0 saturated heterocycles. The van der Waals surface area contributed by atoms with Crippen LogP contribution >= 0.6 is 0 Å². The Labute approximate surface area is 121 Å². The maximum Gasteiger partial charge on any atom is 0.185 e. The highest BCUT2D eigenvalue weighted by Crippen LogP contribution is 2.23. The van der Waals surface area contributed by atoms with Gasteiger partial charge in [-0.15, -0.1) is 0 Å². The van der Waals surface area contributed by atoms with Crippen LogP contribution in [0, 0.1) is 18.6 Å². The summed E-state index contributed by atoms with van der Waals surface area (Å²) < 4.78 is 28.7. The van der Waals surface area contributed by atoms with Gasteiger partial charge in [0.15, 0.2) is 5.78 Å². The largest absolute Gasteiger partial charge is 0.324 e. The predicted octanol–water partition coefficient (Wildman–Crippen LogP) is 3.23. The smallest absolute Gasteiger partial charge is 0.185 e. The Morgan fingerprint density at radius 3 is 2.86 bits per heavy atom. The average Bonchev–Trinajstić information content (AvgIpc) is 2.78. The fraction of sp³-hybridized carbons (Fsp3) is 0.375. The van der Waals surface area contributed by atoms with E-state index in [1.165, 1.54) is 0 Å². The van der Waals surface area contributed by atoms with Gasteiger partial charge in [-0.1, -0.05) is 0 Å². The van der Waals surface area contributed by atoms with Crippen LogP contribution in [-0.2, 0) is 19.4 Å². The molecule has 0 radical (unpaired) electrons. The summed E-state index contributed by atoms with van der Waals surface area (Å²) in [6, 6.07) is 2.95. The number of ketones is 1. The molecule has 1 aromatic carbocycles. The van der Waals surface area contributed by atoms with Crippen molar-refractivity contribution < 1.29 is 13.6 Å². The molecule has 0 amide bonds. The van der Waals surface area contributed by atoms with E-state index in [1.807, 2.05) is 11.5 Å². The summed E-state index contributed by atoms with van der Waals surface area (Å²) in [7, 11) is 0. The lowest BCUT2D eigenvalue weighted by atomic mass is 10.0. The Balaban J connectivity index is 1.92. The van der Waals surface area contributed by atoms with Crippen molar-refractivity contribution in [1.29, 1.82) is 0 Å². The molecule has 0 aliphatic heterocycles. The van der Waals surface area contributed by atoms with E-state index in [9.17, 15) is 13.6 Å². The van der Waals surface area contributed by atoms with E-state index in [0.29, 0.717) is 0 Å². The number of halogens is 2. The highest BCUT2D eigenvalue weighted by atomic mass is 19.1. The number of aromatic nitrogens is 2. The Morgan fingerprint density at radius 2 is 2.05 bits per heavy atom. The third-order valence-corrected chi connectivity index (χ3v) is 3.95. The number of rotatable bonds is 3. The van der Waals surface area contributed by atoms with E-state index >= 15 is 0 Å². The molecule has 1 aliphatic rings. The second-order valence-corrected chi connectivity index (χ2v) is 5.39. The Kier molecular flexibility index (Phi) is 3.57. The van der Waals surface area contributed by atoms with Crippen LogP contribution < -0.4 is 0 Å². The Bertz CT molecular complexity index is 707. The van der Waals surface area contributed by atoms with Crippen molar-refractivity contribution in [2.45, 2.75) is 39.2 Å². The monoisotopic (exact) mass is 290 g/mol. The fourth-order valence-corrected chi connectivity index (χ4v) is 2.89. The average molecular weight is 290 g/mol. The zero-order valence-corrected chi connectivity index (χ0v) is 11.8. The van der Waals surface area contributed by atoms with Crippen molar-refractivity contribution in [3.63, 3.8) is 0 Å². The van der Waals surface area contributed by atoms with Crippen LogP contribution in [-0.4, -0.2) is 15.3 Å². The van der Waals surface area contributed by atoms with Crippen molar-refractivity contribution in [3.05, 3.63) is 52.6 Å². The van der Waals surface area contributed by atoms with Crippen LogP contribution in [0.4, 0.5) is 8.78 Å². The molecule has 1 aliphatic carbocycles. The number of benzene rings is 1. The normalized spacial score (nSPS) is 14.0. The van der Waals surface area contributed by atoms with Crippen molar-refractivity contribution in [2.24, 2.45) is 0 Å². The number of hydrogen-bond donors (Lipinski definition) is 0. The number of nitrogens with zero attached hydrogens (tertiary/aromatic N) is 2. The quantitative estimate of drug-likeness (QED) is 0.813. The maximum atomic E-state index is 13.7. The summed E-state index contributed by atoms with van der Waals surface area (Å²) >= 11 is 0. The van der Waals surface area contributed by atoms with E-state index < -0.39 is 17.4 Å². The van der Waals surface area contributed by atoms with E-state index in [0.717, 1.165) is 61.1 Å². The van der Waals surface area contributed by atoms with Crippen molar-refractivity contribution in [1.82, 2.24) is 9.55 Å². The Morgan fingerprint density at radius 1 is 1.29 bits per heavy atom. The molecule has 0 N–H and O–H groups in total. The summed E-state index contributed by atoms with van der Waals surface area (Å²) in [5.41, 5.74) is 1.89. The molecule has 110 valence electrons. The van der Waals surface area contributed by atoms with Gasteiger partial charge in [0.05, 0.1) is 17.8 Å². The zero-order valence-electron chi connectivity index (χ0n) is 11.8. The highest BCUT2D eigenvalue weighted by Gasteiger charge is 2.21. The summed E-state index contributed by atoms with van der Waals surface area (Å²) in [4.78, 5) is 16.7. The molecule has 5 heteroatoms. The number of Topliss-reactive ketones (excluding diaryl/α,β-unsaturated/α-hetero) is 1. The van der Waals surface area contributed by atoms with Gasteiger partial charge in [0, 0.05) is 5.69 Å². The summed E-state index contributed by atoms with van der Waals surface area (Å²) in [6.07, 6.45) is 3.98. The second kappa shape index (κ2) is 5.39. The zero-order chi connectivity index (χ0) is 15.0. The van der Waals surface area contributed by atoms with Crippen LogP contribution in [0.1, 0.15) is 40.4 Å². The maximum absolute atomic E-state index is 13.7. The van der Waals surface area contributed by atoms with E-state index in [1.54, 1.807) is 0 Å². The third-order valence-electron chi connectivity index (χ3n) is 3.95. The molecule has 0 spiro atoms. The first-order chi connectivity index (χ1) is 10.1. The van der Waals surface area contributed by atoms with Gasteiger partial charge >= 0.3 is 0 Å². The summed E-state index contributed by atoms with van der Waals surface area (Å²) in [6.45, 7) is 1.85. The van der Waals surface area contributed by atoms with E-state index in [-0.39, 0.29) is 12.1 Å². The van der Waals surface area contributed by atoms with Gasteiger partial charge in [-0.05, 0) is 50.8 Å². The second-order valence-electron chi connectivity index (χ2n) is 5.39.